The molecule has 19 heavy (non-hydrogen) atoms. The zero-order valence-electron chi connectivity index (χ0n) is 11.9. The van der Waals surface area contributed by atoms with Crippen LogP contribution in [0.3, 0.4) is 0 Å². The molecule has 1 aliphatic heterocycles. The highest BCUT2D eigenvalue weighted by Crippen LogP contribution is 2.41. The van der Waals surface area contributed by atoms with Gasteiger partial charge >= 0.3 is 0 Å². The van der Waals surface area contributed by atoms with Gasteiger partial charge in [-0.2, -0.15) is 0 Å². The lowest BCUT2D eigenvalue weighted by atomic mass is 10.0. The van der Waals surface area contributed by atoms with E-state index in [1.807, 2.05) is 6.26 Å². The van der Waals surface area contributed by atoms with Gasteiger partial charge < -0.3 is 14.5 Å². The molecule has 3 rings (SSSR count). The molecule has 3 heteroatoms. The number of furan rings is 1. The Morgan fingerprint density at radius 1 is 1.32 bits per heavy atom. The monoisotopic (exact) mass is 259 g/mol. The fourth-order valence-electron chi connectivity index (χ4n) is 2.78. The zero-order valence-corrected chi connectivity index (χ0v) is 11.9. The average Bonchev–Trinajstić information content (AvgIpc) is 2.88. The first-order chi connectivity index (χ1) is 9.11. The Morgan fingerprint density at radius 3 is 2.95 bits per heavy atom. The van der Waals surface area contributed by atoms with E-state index in [1.165, 1.54) is 16.5 Å². The van der Waals surface area contributed by atoms with E-state index in [4.69, 9.17) is 9.15 Å². The third kappa shape index (κ3) is 2.23. The van der Waals surface area contributed by atoms with E-state index in [0.29, 0.717) is 0 Å². The van der Waals surface area contributed by atoms with E-state index < -0.39 is 0 Å². The normalized spacial score (nSPS) is 16.6. The smallest absolute Gasteiger partial charge is 0.176 e. The predicted molar refractivity (Wildman–Crippen MR) is 76.9 cm³/mol. The minimum absolute atomic E-state index is 0.118. The maximum Gasteiger partial charge on any atom is 0.176 e. The first-order valence-electron chi connectivity index (χ1n) is 7.02. The first kappa shape index (κ1) is 12.5. The van der Waals surface area contributed by atoms with Crippen molar-refractivity contribution in [2.75, 3.05) is 13.1 Å². The van der Waals surface area contributed by atoms with Gasteiger partial charge in [-0.05, 0) is 38.9 Å². The number of ether oxygens (including phenoxy) is 1. The van der Waals surface area contributed by atoms with Crippen molar-refractivity contribution in [1.82, 2.24) is 5.32 Å². The molecule has 1 aliphatic rings. The molecule has 1 aromatic carbocycles. The number of nitrogens with one attached hydrogen (secondary N) is 1. The lowest BCUT2D eigenvalue weighted by Crippen LogP contribution is -2.24. The van der Waals surface area contributed by atoms with E-state index in [0.717, 1.165) is 37.3 Å². The van der Waals surface area contributed by atoms with E-state index in [2.05, 4.69) is 38.2 Å². The highest BCUT2D eigenvalue weighted by Gasteiger charge is 2.32. The van der Waals surface area contributed by atoms with E-state index >= 15 is 0 Å². The van der Waals surface area contributed by atoms with Crippen molar-refractivity contribution < 1.29 is 9.15 Å². The van der Waals surface area contributed by atoms with Crippen LogP contribution in [-0.4, -0.2) is 18.7 Å². The van der Waals surface area contributed by atoms with E-state index in [-0.39, 0.29) is 5.60 Å². The third-order valence-electron chi connectivity index (χ3n) is 3.67. The largest absolute Gasteiger partial charge is 0.483 e. The highest BCUT2D eigenvalue weighted by molar-refractivity contribution is 5.88. The van der Waals surface area contributed by atoms with Crippen LogP contribution in [0.25, 0.3) is 11.0 Å². The molecule has 102 valence electrons. The van der Waals surface area contributed by atoms with Crippen molar-refractivity contribution in [2.24, 2.45) is 0 Å². The Morgan fingerprint density at radius 2 is 2.16 bits per heavy atom. The fraction of sp³-hybridized carbons (Fsp3) is 0.500. The quantitative estimate of drug-likeness (QED) is 0.855. The summed E-state index contributed by atoms with van der Waals surface area (Å²) in [5, 5.41) is 4.53. The molecule has 2 aromatic rings. The number of hydrogen-bond donors (Lipinski definition) is 1. The van der Waals surface area contributed by atoms with Crippen molar-refractivity contribution in [2.45, 2.75) is 39.2 Å². The van der Waals surface area contributed by atoms with Crippen LogP contribution >= 0.6 is 0 Å². The van der Waals surface area contributed by atoms with Crippen LogP contribution in [0.4, 0.5) is 0 Å². The molecule has 0 fully saturated rings. The maximum absolute atomic E-state index is 6.04. The lowest BCUT2D eigenvalue weighted by molar-refractivity contribution is 0.139. The molecular weight excluding hydrogens is 238 g/mol. The summed E-state index contributed by atoms with van der Waals surface area (Å²) in [7, 11) is 0. The Balaban J connectivity index is 1.95. The standard InChI is InChI=1S/C16H21NO2/c1-4-17-8-7-12-10-18-15-13(12)6-5-11-9-16(2,3)19-14(11)15/h5-6,10,17H,4,7-9H2,1-3H3. The molecular formula is C16H21NO2. The second-order valence-electron chi connectivity index (χ2n) is 5.83. The van der Waals surface area contributed by atoms with Crippen molar-refractivity contribution in [3.63, 3.8) is 0 Å². The summed E-state index contributed by atoms with van der Waals surface area (Å²) in [5.41, 5.74) is 3.31. The first-order valence-corrected chi connectivity index (χ1v) is 7.02. The zero-order chi connectivity index (χ0) is 13.5. The highest BCUT2D eigenvalue weighted by atomic mass is 16.5. The number of likely N-dealkylation sites (N-methyl/N-ethyl adjacent to an activating group) is 1. The van der Waals surface area contributed by atoms with Crippen molar-refractivity contribution in [3.8, 4) is 5.75 Å². The van der Waals surface area contributed by atoms with Gasteiger partial charge in [0.1, 0.15) is 5.60 Å². The molecule has 0 aliphatic carbocycles. The van der Waals surface area contributed by atoms with Crippen molar-refractivity contribution in [1.29, 1.82) is 0 Å². The summed E-state index contributed by atoms with van der Waals surface area (Å²) in [5.74, 6) is 0.942. The predicted octanol–water partition coefficient (Wildman–Crippen LogP) is 3.30. The summed E-state index contributed by atoms with van der Waals surface area (Å²) in [6.45, 7) is 8.34. The van der Waals surface area contributed by atoms with Gasteiger partial charge in [0.25, 0.3) is 0 Å². The van der Waals surface area contributed by atoms with Gasteiger partial charge in [-0.1, -0.05) is 19.1 Å². The molecule has 1 N–H and O–H groups in total. The summed E-state index contributed by atoms with van der Waals surface area (Å²) >= 11 is 0. The van der Waals surface area contributed by atoms with Gasteiger partial charge in [-0.15, -0.1) is 0 Å². The minimum Gasteiger partial charge on any atom is -0.483 e. The second-order valence-corrected chi connectivity index (χ2v) is 5.83. The van der Waals surface area contributed by atoms with Gasteiger partial charge in [-0.3, -0.25) is 0 Å². The van der Waals surface area contributed by atoms with Crippen LogP contribution < -0.4 is 10.1 Å². The molecule has 0 bridgehead atoms. The number of hydrogen-bond acceptors (Lipinski definition) is 3. The summed E-state index contributed by atoms with van der Waals surface area (Å²) < 4.78 is 11.8. The van der Waals surface area contributed by atoms with Crippen LogP contribution in [0, 0.1) is 0 Å². The van der Waals surface area contributed by atoms with Crippen LogP contribution in [-0.2, 0) is 12.8 Å². The summed E-state index contributed by atoms with van der Waals surface area (Å²) in [6, 6.07) is 4.35. The average molecular weight is 259 g/mol. The Kier molecular flexibility index (Phi) is 3.02. The summed E-state index contributed by atoms with van der Waals surface area (Å²) in [4.78, 5) is 0. The third-order valence-corrected chi connectivity index (χ3v) is 3.67. The van der Waals surface area contributed by atoms with Crippen LogP contribution in [0.5, 0.6) is 5.75 Å². The number of fused-ring (bicyclic) bond motifs is 3. The van der Waals surface area contributed by atoms with Crippen LogP contribution in [0.1, 0.15) is 31.9 Å². The van der Waals surface area contributed by atoms with Gasteiger partial charge in [0.05, 0.1) is 6.26 Å². The van der Waals surface area contributed by atoms with Crippen molar-refractivity contribution in [3.05, 3.63) is 29.5 Å². The SMILES string of the molecule is CCNCCc1coc2c3c(ccc12)CC(C)(C)O3. The molecule has 3 nitrogen and oxygen atoms in total. The Labute approximate surface area is 113 Å². The lowest BCUT2D eigenvalue weighted by Gasteiger charge is -2.16. The molecule has 2 heterocycles. The Bertz CT molecular complexity index is 598. The van der Waals surface area contributed by atoms with Crippen molar-refractivity contribution >= 4 is 11.0 Å². The van der Waals surface area contributed by atoms with Crippen LogP contribution in [0.15, 0.2) is 22.8 Å². The molecule has 0 spiro atoms. The number of rotatable bonds is 4. The Hall–Kier alpha value is -1.48. The molecule has 0 saturated heterocycles. The van der Waals surface area contributed by atoms with Gasteiger partial charge in [0, 0.05) is 17.4 Å². The van der Waals surface area contributed by atoms with E-state index in [9.17, 15) is 0 Å². The molecule has 1 aromatic heterocycles. The topological polar surface area (TPSA) is 34.4 Å². The summed E-state index contributed by atoms with van der Waals surface area (Å²) in [6.07, 6.45) is 3.81. The molecule has 0 amide bonds. The van der Waals surface area contributed by atoms with Gasteiger partial charge in [0.2, 0.25) is 0 Å². The maximum atomic E-state index is 6.04. The molecule has 0 radical (unpaired) electrons. The molecule has 0 unspecified atom stereocenters. The molecule has 0 atom stereocenters. The number of benzene rings is 1. The molecule has 0 saturated carbocycles. The van der Waals surface area contributed by atoms with Gasteiger partial charge in [-0.25, -0.2) is 0 Å². The van der Waals surface area contributed by atoms with Gasteiger partial charge in [0.15, 0.2) is 11.3 Å². The minimum atomic E-state index is -0.118. The van der Waals surface area contributed by atoms with Crippen LogP contribution in [0.2, 0.25) is 0 Å². The van der Waals surface area contributed by atoms with E-state index in [1.54, 1.807) is 0 Å². The fourth-order valence-corrected chi connectivity index (χ4v) is 2.78. The second kappa shape index (κ2) is 4.57.